The smallest absolute Gasteiger partial charge is 0.224 e. The van der Waals surface area contributed by atoms with E-state index >= 15 is 0 Å². The molecule has 20 heavy (non-hydrogen) atoms. The third kappa shape index (κ3) is 4.51. The molecule has 2 rings (SSSR count). The highest BCUT2D eigenvalue weighted by Crippen LogP contribution is 2.25. The third-order valence-corrected chi connectivity index (χ3v) is 3.12. The molecule has 3 N–H and O–H groups in total. The number of halogens is 1. The summed E-state index contributed by atoms with van der Waals surface area (Å²) >= 11 is 0. The Morgan fingerprint density at radius 1 is 1.35 bits per heavy atom. The van der Waals surface area contributed by atoms with Gasteiger partial charge in [0.25, 0.3) is 0 Å². The number of aryl methyl sites for hydroxylation is 1. The van der Waals surface area contributed by atoms with Crippen molar-refractivity contribution < 1.29 is 9.59 Å². The summed E-state index contributed by atoms with van der Waals surface area (Å²) in [6.07, 6.45) is 2.59. The number of hydrogen-bond donors (Lipinski definition) is 3. The maximum atomic E-state index is 11.7. The molecule has 0 atom stereocenters. The van der Waals surface area contributed by atoms with Gasteiger partial charge in [0.1, 0.15) is 0 Å². The van der Waals surface area contributed by atoms with Crippen molar-refractivity contribution >= 4 is 35.6 Å². The van der Waals surface area contributed by atoms with Crippen LogP contribution in [0.3, 0.4) is 0 Å². The van der Waals surface area contributed by atoms with Crippen LogP contribution in [0.25, 0.3) is 0 Å². The van der Waals surface area contributed by atoms with Crippen molar-refractivity contribution in [2.75, 3.05) is 24.2 Å². The summed E-state index contributed by atoms with van der Waals surface area (Å²) in [5.41, 5.74) is 2.66. The van der Waals surface area contributed by atoms with Crippen LogP contribution in [0.2, 0.25) is 0 Å². The molecule has 1 aliphatic heterocycles. The number of anilines is 2. The molecule has 0 bridgehead atoms. The molecular weight excluding hydrogens is 278 g/mol. The number of nitrogens with one attached hydrogen (secondary N) is 3. The Balaban J connectivity index is 0.00000200. The van der Waals surface area contributed by atoms with E-state index in [2.05, 4.69) is 16.0 Å². The fraction of sp³-hybridized carbons (Fsp3) is 0.429. The second-order valence-corrected chi connectivity index (χ2v) is 4.68. The average molecular weight is 298 g/mol. The minimum atomic E-state index is -0.00247. The fourth-order valence-electron chi connectivity index (χ4n) is 2.10. The van der Waals surface area contributed by atoms with Gasteiger partial charge < -0.3 is 16.0 Å². The van der Waals surface area contributed by atoms with Crippen LogP contribution >= 0.6 is 12.4 Å². The Labute approximate surface area is 124 Å². The molecule has 0 aliphatic carbocycles. The monoisotopic (exact) mass is 297 g/mol. The molecule has 0 fully saturated rings. The standard InChI is InChI=1S/C14H19N3O2.ClH/c1-15-8-2-3-13(18)16-11-6-4-10-5-7-14(19)17-12(10)9-11;/h4,6,9,15H,2-3,5,7-8H2,1H3,(H,16,18)(H,17,19);1H. The molecular formula is C14H20ClN3O2. The van der Waals surface area contributed by atoms with Crippen molar-refractivity contribution in [2.45, 2.75) is 25.7 Å². The highest BCUT2D eigenvalue weighted by Gasteiger charge is 2.15. The van der Waals surface area contributed by atoms with Crippen molar-refractivity contribution in [2.24, 2.45) is 0 Å². The maximum absolute atomic E-state index is 11.7. The zero-order valence-corrected chi connectivity index (χ0v) is 12.3. The Morgan fingerprint density at radius 3 is 2.90 bits per heavy atom. The van der Waals surface area contributed by atoms with Gasteiger partial charge in [0, 0.05) is 24.2 Å². The first-order chi connectivity index (χ1) is 9.19. The molecule has 5 nitrogen and oxygen atoms in total. The molecule has 2 amide bonds. The lowest BCUT2D eigenvalue weighted by Crippen LogP contribution is -2.19. The molecule has 0 aromatic heterocycles. The summed E-state index contributed by atoms with van der Waals surface area (Å²) in [5, 5.41) is 8.68. The Hall–Kier alpha value is -1.59. The maximum Gasteiger partial charge on any atom is 0.224 e. The van der Waals surface area contributed by atoms with Gasteiger partial charge in [-0.05, 0) is 44.1 Å². The number of rotatable bonds is 5. The van der Waals surface area contributed by atoms with E-state index in [1.807, 2.05) is 25.2 Å². The first-order valence-electron chi connectivity index (χ1n) is 6.56. The van der Waals surface area contributed by atoms with Crippen LogP contribution in [0.1, 0.15) is 24.8 Å². The highest BCUT2D eigenvalue weighted by molar-refractivity contribution is 5.96. The summed E-state index contributed by atoms with van der Waals surface area (Å²) < 4.78 is 0. The van der Waals surface area contributed by atoms with Crippen molar-refractivity contribution in [3.05, 3.63) is 23.8 Å². The van der Waals surface area contributed by atoms with E-state index in [1.165, 1.54) is 0 Å². The van der Waals surface area contributed by atoms with Gasteiger partial charge in [-0.15, -0.1) is 12.4 Å². The first-order valence-corrected chi connectivity index (χ1v) is 6.56. The third-order valence-electron chi connectivity index (χ3n) is 3.12. The summed E-state index contributed by atoms with van der Waals surface area (Å²) in [6.45, 7) is 0.827. The van der Waals surface area contributed by atoms with Gasteiger partial charge in [0.05, 0.1) is 0 Å². The van der Waals surface area contributed by atoms with Crippen LogP contribution in [-0.4, -0.2) is 25.4 Å². The molecule has 0 radical (unpaired) electrons. The average Bonchev–Trinajstić information content (AvgIpc) is 2.38. The normalized spacial score (nSPS) is 12.9. The minimum absolute atomic E-state index is 0. The summed E-state index contributed by atoms with van der Waals surface area (Å²) in [7, 11) is 1.87. The molecule has 0 unspecified atom stereocenters. The fourth-order valence-corrected chi connectivity index (χ4v) is 2.10. The van der Waals surface area contributed by atoms with E-state index in [0.29, 0.717) is 12.8 Å². The number of hydrogen-bond acceptors (Lipinski definition) is 3. The van der Waals surface area contributed by atoms with Crippen molar-refractivity contribution in [3.8, 4) is 0 Å². The molecule has 0 saturated carbocycles. The van der Waals surface area contributed by atoms with Gasteiger partial charge in [0.2, 0.25) is 11.8 Å². The topological polar surface area (TPSA) is 70.2 Å². The van der Waals surface area contributed by atoms with Gasteiger partial charge in [-0.25, -0.2) is 0 Å². The highest BCUT2D eigenvalue weighted by atomic mass is 35.5. The van der Waals surface area contributed by atoms with Crippen LogP contribution in [-0.2, 0) is 16.0 Å². The van der Waals surface area contributed by atoms with Crippen LogP contribution in [0.4, 0.5) is 11.4 Å². The number of carbonyl (C=O) groups excluding carboxylic acids is 2. The van der Waals surface area contributed by atoms with E-state index < -0.39 is 0 Å². The van der Waals surface area contributed by atoms with E-state index in [1.54, 1.807) is 0 Å². The Bertz CT molecular complexity index is 491. The lowest BCUT2D eigenvalue weighted by Gasteiger charge is -2.17. The molecule has 0 saturated heterocycles. The van der Waals surface area contributed by atoms with Crippen molar-refractivity contribution in [1.82, 2.24) is 5.32 Å². The number of amides is 2. The zero-order chi connectivity index (χ0) is 13.7. The lowest BCUT2D eigenvalue weighted by atomic mass is 10.0. The molecule has 0 spiro atoms. The predicted octanol–water partition coefficient (Wildman–Crippen LogP) is 1.93. The molecule has 1 aromatic rings. The first kappa shape index (κ1) is 16.5. The van der Waals surface area contributed by atoms with E-state index in [0.717, 1.165) is 36.3 Å². The Morgan fingerprint density at radius 2 is 2.15 bits per heavy atom. The van der Waals surface area contributed by atoms with Gasteiger partial charge >= 0.3 is 0 Å². The van der Waals surface area contributed by atoms with Gasteiger partial charge in [-0.3, -0.25) is 9.59 Å². The van der Waals surface area contributed by atoms with E-state index in [-0.39, 0.29) is 24.2 Å². The second kappa shape index (κ2) is 7.87. The molecule has 1 aliphatic rings. The minimum Gasteiger partial charge on any atom is -0.326 e. The predicted molar refractivity (Wildman–Crippen MR) is 82.4 cm³/mol. The molecule has 1 aromatic carbocycles. The number of fused-ring (bicyclic) bond motifs is 1. The number of benzene rings is 1. The van der Waals surface area contributed by atoms with E-state index in [4.69, 9.17) is 0 Å². The molecule has 6 heteroatoms. The lowest BCUT2D eigenvalue weighted by molar-refractivity contribution is -0.117. The second-order valence-electron chi connectivity index (χ2n) is 4.68. The summed E-state index contributed by atoms with van der Waals surface area (Å²) in [6, 6.07) is 5.66. The Kier molecular flexibility index (Phi) is 6.48. The SMILES string of the molecule is CNCCCC(=O)Nc1ccc2c(c1)NC(=O)CC2.Cl. The van der Waals surface area contributed by atoms with Crippen LogP contribution < -0.4 is 16.0 Å². The summed E-state index contributed by atoms with van der Waals surface area (Å²) in [5.74, 6) is 0.0299. The quantitative estimate of drug-likeness (QED) is 0.727. The largest absolute Gasteiger partial charge is 0.326 e. The van der Waals surface area contributed by atoms with Gasteiger partial charge in [-0.1, -0.05) is 6.07 Å². The van der Waals surface area contributed by atoms with Gasteiger partial charge in [-0.2, -0.15) is 0 Å². The van der Waals surface area contributed by atoms with Crippen molar-refractivity contribution in [3.63, 3.8) is 0 Å². The van der Waals surface area contributed by atoms with Crippen molar-refractivity contribution in [1.29, 1.82) is 0 Å². The molecule has 110 valence electrons. The van der Waals surface area contributed by atoms with Crippen LogP contribution in [0.15, 0.2) is 18.2 Å². The van der Waals surface area contributed by atoms with Crippen LogP contribution in [0, 0.1) is 0 Å². The van der Waals surface area contributed by atoms with Gasteiger partial charge in [0.15, 0.2) is 0 Å². The molecule has 1 heterocycles. The number of carbonyl (C=O) groups is 2. The zero-order valence-electron chi connectivity index (χ0n) is 11.5. The summed E-state index contributed by atoms with van der Waals surface area (Å²) in [4.78, 5) is 23.0. The van der Waals surface area contributed by atoms with Crippen LogP contribution in [0.5, 0.6) is 0 Å². The van der Waals surface area contributed by atoms with E-state index in [9.17, 15) is 9.59 Å².